The molecule has 1 aliphatic rings. The molecule has 0 N–H and O–H groups in total. The molecule has 4 heteroatoms. The lowest BCUT2D eigenvalue weighted by atomic mass is 9.81. The van der Waals surface area contributed by atoms with Gasteiger partial charge < -0.3 is 9.47 Å². The molecule has 4 nitrogen and oxygen atoms in total. The highest BCUT2D eigenvalue weighted by Crippen LogP contribution is 2.41. The zero-order valence-corrected chi connectivity index (χ0v) is 15.4. The van der Waals surface area contributed by atoms with Crippen molar-refractivity contribution in [3.8, 4) is 11.4 Å². The molecule has 0 atom stereocenters. The zero-order valence-electron chi connectivity index (χ0n) is 15.4. The van der Waals surface area contributed by atoms with Gasteiger partial charge in [-0.05, 0) is 35.2 Å². The molecule has 4 rings (SSSR count). The summed E-state index contributed by atoms with van der Waals surface area (Å²) in [6.07, 6.45) is 0. The summed E-state index contributed by atoms with van der Waals surface area (Å²) in [6.45, 7) is 7.30. The molecule has 0 amide bonds. The van der Waals surface area contributed by atoms with Crippen LogP contribution in [0, 0.1) is 0 Å². The van der Waals surface area contributed by atoms with Crippen LogP contribution in [0.25, 0.3) is 22.3 Å². The van der Waals surface area contributed by atoms with Crippen molar-refractivity contribution in [2.45, 2.75) is 32.7 Å². The number of fused-ring (bicyclic) bond motifs is 4. The van der Waals surface area contributed by atoms with E-state index in [0.717, 1.165) is 22.6 Å². The van der Waals surface area contributed by atoms with Crippen LogP contribution in [0.3, 0.4) is 0 Å². The molecule has 1 aromatic carbocycles. The Balaban J connectivity index is 2.12. The average Bonchev–Trinajstić information content (AvgIpc) is 2.90. The fraction of sp³-hybridized carbons (Fsp3) is 0.333. The number of aromatic nitrogens is 2. The van der Waals surface area contributed by atoms with Crippen LogP contribution < -0.4 is 10.5 Å². The lowest BCUT2D eigenvalue weighted by Gasteiger charge is -2.25. The SMILES string of the molecule is CN(C)c1ccc2nc3c(c(C(C)(C)C)c2c1)Cn1c-3cccc1=O. The monoisotopic (exact) mass is 333 g/mol. The number of rotatable bonds is 1. The normalized spacial score (nSPS) is 13.0. The van der Waals surface area contributed by atoms with E-state index >= 15 is 0 Å². The second kappa shape index (κ2) is 5.19. The van der Waals surface area contributed by atoms with Crippen LogP contribution in [0.4, 0.5) is 5.69 Å². The van der Waals surface area contributed by atoms with Gasteiger partial charge in [0.15, 0.2) is 0 Å². The first kappa shape index (κ1) is 15.9. The van der Waals surface area contributed by atoms with Gasteiger partial charge >= 0.3 is 0 Å². The maximum atomic E-state index is 12.3. The van der Waals surface area contributed by atoms with Gasteiger partial charge in [0.1, 0.15) is 0 Å². The number of anilines is 1. The third kappa shape index (κ3) is 2.36. The minimum Gasteiger partial charge on any atom is -0.378 e. The van der Waals surface area contributed by atoms with E-state index in [9.17, 15) is 4.79 Å². The van der Waals surface area contributed by atoms with Crippen LogP contribution in [-0.2, 0) is 12.0 Å². The van der Waals surface area contributed by atoms with Gasteiger partial charge in [-0.1, -0.05) is 26.8 Å². The topological polar surface area (TPSA) is 38.1 Å². The van der Waals surface area contributed by atoms with Gasteiger partial charge in [-0.15, -0.1) is 0 Å². The molecule has 128 valence electrons. The number of hydrogen-bond donors (Lipinski definition) is 0. The highest BCUT2D eigenvalue weighted by atomic mass is 16.1. The molecule has 0 fully saturated rings. The summed E-state index contributed by atoms with van der Waals surface area (Å²) in [4.78, 5) is 19.3. The van der Waals surface area contributed by atoms with Crippen molar-refractivity contribution in [2.24, 2.45) is 0 Å². The number of pyridine rings is 2. The average molecular weight is 333 g/mol. The lowest BCUT2D eigenvalue weighted by molar-refractivity contribution is 0.586. The summed E-state index contributed by atoms with van der Waals surface area (Å²) in [5, 5.41) is 1.18. The van der Waals surface area contributed by atoms with Crippen LogP contribution in [0.15, 0.2) is 41.2 Å². The lowest BCUT2D eigenvalue weighted by Crippen LogP contribution is -2.19. The fourth-order valence-corrected chi connectivity index (χ4v) is 3.84. The van der Waals surface area contributed by atoms with Gasteiger partial charge in [-0.25, -0.2) is 4.98 Å². The van der Waals surface area contributed by atoms with E-state index in [1.54, 1.807) is 6.07 Å². The van der Waals surface area contributed by atoms with Gasteiger partial charge in [0.05, 0.1) is 23.4 Å². The second-order valence-electron chi connectivity index (χ2n) is 8.00. The zero-order chi connectivity index (χ0) is 17.9. The van der Waals surface area contributed by atoms with Crippen LogP contribution in [0.1, 0.15) is 31.9 Å². The molecule has 0 aliphatic carbocycles. The van der Waals surface area contributed by atoms with Crippen molar-refractivity contribution in [1.29, 1.82) is 0 Å². The maximum Gasteiger partial charge on any atom is 0.251 e. The molecule has 0 bridgehead atoms. The summed E-state index contributed by atoms with van der Waals surface area (Å²) in [5.74, 6) is 0. The number of benzene rings is 1. The van der Waals surface area contributed by atoms with Crippen molar-refractivity contribution in [2.75, 3.05) is 19.0 Å². The summed E-state index contributed by atoms with van der Waals surface area (Å²) < 4.78 is 1.83. The van der Waals surface area contributed by atoms with E-state index in [2.05, 4.69) is 43.9 Å². The van der Waals surface area contributed by atoms with Crippen LogP contribution in [-0.4, -0.2) is 23.6 Å². The van der Waals surface area contributed by atoms with Crippen LogP contribution in [0.2, 0.25) is 0 Å². The molecule has 0 unspecified atom stereocenters. The predicted octanol–water partition coefficient (Wildman–Crippen LogP) is 3.79. The first-order valence-corrected chi connectivity index (χ1v) is 8.62. The van der Waals surface area contributed by atoms with Crippen molar-refractivity contribution in [3.63, 3.8) is 0 Å². The molecule has 3 aromatic rings. The Kier molecular flexibility index (Phi) is 3.29. The van der Waals surface area contributed by atoms with Gasteiger partial charge in [0.25, 0.3) is 5.56 Å². The van der Waals surface area contributed by atoms with Gasteiger partial charge in [0, 0.05) is 36.8 Å². The Morgan fingerprint density at radius 3 is 2.56 bits per heavy atom. The van der Waals surface area contributed by atoms with Crippen LogP contribution >= 0.6 is 0 Å². The van der Waals surface area contributed by atoms with Gasteiger partial charge in [-0.3, -0.25) is 4.79 Å². The Morgan fingerprint density at radius 1 is 1.12 bits per heavy atom. The van der Waals surface area contributed by atoms with Crippen molar-refractivity contribution in [3.05, 3.63) is 57.9 Å². The van der Waals surface area contributed by atoms with E-state index in [-0.39, 0.29) is 11.0 Å². The molecule has 0 saturated carbocycles. The predicted molar refractivity (Wildman–Crippen MR) is 104 cm³/mol. The Bertz CT molecular complexity index is 1060. The summed E-state index contributed by atoms with van der Waals surface area (Å²) in [5.41, 5.74) is 6.49. The highest BCUT2D eigenvalue weighted by molar-refractivity contribution is 5.91. The van der Waals surface area contributed by atoms with E-state index in [4.69, 9.17) is 4.98 Å². The van der Waals surface area contributed by atoms with Crippen molar-refractivity contribution in [1.82, 2.24) is 9.55 Å². The molecule has 0 radical (unpaired) electrons. The third-order valence-corrected chi connectivity index (χ3v) is 4.94. The minimum atomic E-state index is -0.0398. The molecular formula is C21H23N3O. The summed E-state index contributed by atoms with van der Waals surface area (Å²) in [7, 11) is 4.10. The third-order valence-electron chi connectivity index (χ3n) is 4.94. The fourth-order valence-electron chi connectivity index (χ4n) is 3.84. The molecule has 3 heterocycles. The second-order valence-corrected chi connectivity index (χ2v) is 8.00. The first-order chi connectivity index (χ1) is 11.8. The first-order valence-electron chi connectivity index (χ1n) is 8.62. The smallest absolute Gasteiger partial charge is 0.251 e. The van der Waals surface area contributed by atoms with Gasteiger partial charge in [0.2, 0.25) is 0 Å². The van der Waals surface area contributed by atoms with E-state index in [0.29, 0.717) is 6.54 Å². The molecule has 0 spiro atoms. The Morgan fingerprint density at radius 2 is 1.88 bits per heavy atom. The Hall–Kier alpha value is -2.62. The van der Waals surface area contributed by atoms with E-state index < -0.39 is 0 Å². The Labute approximate surface area is 147 Å². The molecule has 2 aromatic heterocycles. The van der Waals surface area contributed by atoms with Gasteiger partial charge in [-0.2, -0.15) is 0 Å². The van der Waals surface area contributed by atoms with Crippen molar-refractivity contribution >= 4 is 16.6 Å². The number of hydrogen-bond acceptors (Lipinski definition) is 3. The number of nitrogens with zero attached hydrogens (tertiary/aromatic N) is 3. The molecule has 25 heavy (non-hydrogen) atoms. The summed E-state index contributed by atoms with van der Waals surface area (Å²) >= 11 is 0. The molecular weight excluding hydrogens is 310 g/mol. The maximum absolute atomic E-state index is 12.3. The molecule has 1 aliphatic heterocycles. The van der Waals surface area contributed by atoms with E-state index in [1.807, 2.05) is 30.8 Å². The van der Waals surface area contributed by atoms with E-state index in [1.165, 1.54) is 16.5 Å². The standard InChI is InChI=1S/C21H23N3O/c1-21(2,3)19-14-11-13(23(4)5)9-10-16(14)22-20-15(19)12-24-17(20)7-6-8-18(24)25/h6-11H,12H2,1-5H3. The largest absolute Gasteiger partial charge is 0.378 e. The minimum absolute atomic E-state index is 0.0356. The van der Waals surface area contributed by atoms with Crippen LogP contribution in [0.5, 0.6) is 0 Å². The van der Waals surface area contributed by atoms with Crippen molar-refractivity contribution < 1.29 is 0 Å². The highest BCUT2D eigenvalue weighted by Gasteiger charge is 2.30. The summed E-state index contributed by atoms with van der Waals surface area (Å²) in [6, 6.07) is 11.8. The molecule has 0 saturated heterocycles. The quantitative estimate of drug-likeness (QED) is 0.532.